The molecule has 3 N–H and O–H groups in total. The van der Waals surface area contributed by atoms with Gasteiger partial charge in [0.25, 0.3) is 0 Å². The van der Waals surface area contributed by atoms with Crippen molar-refractivity contribution in [1.29, 1.82) is 0 Å². The van der Waals surface area contributed by atoms with Gasteiger partial charge >= 0.3 is 0 Å². The minimum Gasteiger partial charge on any atom is -0.399 e. The van der Waals surface area contributed by atoms with Crippen LogP contribution in [0.1, 0.15) is 17.8 Å². The second kappa shape index (κ2) is 6.63. The monoisotopic (exact) mass is 292 g/mol. The van der Waals surface area contributed by atoms with Gasteiger partial charge in [0.2, 0.25) is 5.91 Å². The minimum absolute atomic E-state index is 0.0442. The van der Waals surface area contributed by atoms with Crippen LogP contribution in [-0.4, -0.2) is 11.7 Å². The number of benzene rings is 1. The largest absolute Gasteiger partial charge is 0.399 e. The van der Waals surface area contributed by atoms with Crippen molar-refractivity contribution >= 4 is 34.7 Å². The van der Waals surface area contributed by atoms with E-state index in [4.69, 9.17) is 5.73 Å². The Kier molecular flexibility index (Phi) is 4.87. The molecule has 5 heteroatoms. The van der Waals surface area contributed by atoms with Gasteiger partial charge < -0.3 is 11.1 Å². The number of hydrogen-bond donors (Lipinski definition) is 2. The van der Waals surface area contributed by atoms with Crippen molar-refractivity contribution in [2.45, 2.75) is 17.9 Å². The number of nitrogens with two attached hydrogens (primary N) is 1. The van der Waals surface area contributed by atoms with Gasteiger partial charge in [0.05, 0.1) is 11.8 Å². The van der Waals surface area contributed by atoms with Crippen LogP contribution >= 0.6 is 23.1 Å². The molecule has 100 valence electrons. The molecule has 0 radical (unpaired) electrons. The van der Waals surface area contributed by atoms with Crippen LogP contribution in [0.3, 0.4) is 0 Å². The zero-order valence-corrected chi connectivity index (χ0v) is 12.3. The molecule has 2 rings (SSSR count). The molecule has 1 heterocycles. The molecular weight excluding hydrogens is 276 g/mol. The minimum atomic E-state index is 0.0442. The molecule has 1 aromatic carbocycles. The van der Waals surface area contributed by atoms with Gasteiger partial charge in [-0.1, -0.05) is 6.07 Å². The molecule has 0 fully saturated rings. The van der Waals surface area contributed by atoms with Gasteiger partial charge in [-0.15, -0.1) is 23.1 Å². The van der Waals surface area contributed by atoms with Crippen LogP contribution < -0.4 is 11.1 Å². The number of nitrogens with one attached hydrogen (secondary N) is 1. The summed E-state index contributed by atoms with van der Waals surface area (Å²) in [5.41, 5.74) is 6.35. The lowest BCUT2D eigenvalue weighted by atomic mass is 10.3. The normalized spacial score (nSPS) is 12.1. The van der Waals surface area contributed by atoms with Crippen molar-refractivity contribution < 1.29 is 4.79 Å². The number of anilines is 1. The number of rotatable bonds is 5. The molecule has 0 spiro atoms. The molecule has 19 heavy (non-hydrogen) atoms. The van der Waals surface area contributed by atoms with Crippen LogP contribution in [0.25, 0.3) is 0 Å². The number of carbonyl (C=O) groups excluding carboxylic acids is 1. The van der Waals surface area contributed by atoms with E-state index in [2.05, 4.69) is 5.32 Å². The summed E-state index contributed by atoms with van der Waals surface area (Å²) in [6.45, 7) is 2.00. The highest BCUT2D eigenvalue weighted by Gasteiger charge is 2.10. The number of hydrogen-bond acceptors (Lipinski definition) is 4. The summed E-state index contributed by atoms with van der Waals surface area (Å²) in [6.07, 6.45) is 0. The lowest BCUT2D eigenvalue weighted by Gasteiger charge is -2.11. The molecule has 1 atom stereocenters. The number of amides is 1. The molecular formula is C14H16N2OS2. The summed E-state index contributed by atoms with van der Waals surface area (Å²) < 4.78 is 0. The van der Waals surface area contributed by atoms with Gasteiger partial charge in [0, 0.05) is 15.5 Å². The standard InChI is InChI=1S/C14H16N2OS2/c1-10(13-3-2-8-18-13)16-14(17)9-19-12-6-4-11(15)5-7-12/h2-8,10H,9,15H2,1H3,(H,16,17). The Labute approximate surface area is 121 Å². The average molecular weight is 292 g/mol. The van der Waals surface area contributed by atoms with Crippen LogP contribution in [-0.2, 0) is 4.79 Å². The van der Waals surface area contributed by atoms with Crippen molar-refractivity contribution in [2.75, 3.05) is 11.5 Å². The SMILES string of the molecule is CC(NC(=O)CSc1ccc(N)cc1)c1cccs1. The molecule has 0 bridgehead atoms. The molecule has 0 aliphatic rings. The van der Waals surface area contributed by atoms with E-state index in [9.17, 15) is 4.79 Å². The summed E-state index contributed by atoms with van der Waals surface area (Å²) >= 11 is 3.17. The third-order valence-corrected chi connectivity index (χ3v) is 4.66. The molecule has 3 nitrogen and oxygen atoms in total. The van der Waals surface area contributed by atoms with Gasteiger partial charge in [0.15, 0.2) is 0 Å². The first kappa shape index (κ1) is 14.0. The molecule has 1 aromatic heterocycles. The number of nitrogen functional groups attached to an aromatic ring is 1. The predicted octanol–water partition coefficient (Wildman–Crippen LogP) is 3.30. The third-order valence-electron chi connectivity index (χ3n) is 2.60. The van der Waals surface area contributed by atoms with Crippen LogP contribution in [0.4, 0.5) is 5.69 Å². The molecule has 0 aliphatic heterocycles. The van der Waals surface area contributed by atoms with E-state index in [1.807, 2.05) is 48.7 Å². The molecule has 0 saturated carbocycles. The van der Waals surface area contributed by atoms with Gasteiger partial charge in [-0.3, -0.25) is 4.79 Å². The topological polar surface area (TPSA) is 55.1 Å². The van der Waals surface area contributed by atoms with E-state index >= 15 is 0 Å². The Morgan fingerprint density at radius 2 is 2.11 bits per heavy atom. The zero-order valence-electron chi connectivity index (χ0n) is 10.6. The van der Waals surface area contributed by atoms with Crippen LogP contribution in [0.2, 0.25) is 0 Å². The molecule has 2 aromatic rings. The lowest BCUT2D eigenvalue weighted by molar-refractivity contribution is -0.119. The first-order valence-corrected chi connectivity index (χ1v) is 7.83. The Morgan fingerprint density at radius 1 is 1.37 bits per heavy atom. The Balaban J connectivity index is 1.80. The highest BCUT2D eigenvalue weighted by Crippen LogP contribution is 2.21. The van der Waals surface area contributed by atoms with Crippen molar-refractivity contribution in [3.63, 3.8) is 0 Å². The van der Waals surface area contributed by atoms with E-state index < -0.39 is 0 Å². The third kappa shape index (κ3) is 4.29. The quantitative estimate of drug-likeness (QED) is 0.656. The maximum atomic E-state index is 11.8. The number of thioether (sulfide) groups is 1. The number of thiophene rings is 1. The smallest absolute Gasteiger partial charge is 0.230 e. The first-order chi connectivity index (χ1) is 9.15. The Bertz CT molecular complexity index is 523. The van der Waals surface area contributed by atoms with Crippen molar-refractivity contribution in [3.05, 3.63) is 46.7 Å². The van der Waals surface area contributed by atoms with E-state index in [0.29, 0.717) is 5.75 Å². The summed E-state index contributed by atoms with van der Waals surface area (Å²) in [7, 11) is 0. The average Bonchev–Trinajstić information content (AvgIpc) is 2.92. The van der Waals surface area contributed by atoms with Gasteiger partial charge in [-0.05, 0) is 42.6 Å². The fraction of sp³-hybridized carbons (Fsp3) is 0.214. The maximum Gasteiger partial charge on any atom is 0.230 e. The fourth-order valence-electron chi connectivity index (χ4n) is 1.60. The van der Waals surface area contributed by atoms with Gasteiger partial charge in [-0.25, -0.2) is 0 Å². The fourth-order valence-corrected chi connectivity index (χ4v) is 3.05. The maximum absolute atomic E-state index is 11.8. The Morgan fingerprint density at radius 3 is 2.74 bits per heavy atom. The number of carbonyl (C=O) groups is 1. The summed E-state index contributed by atoms with van der Waals surface area (Å²) in [5.74, 6) is 0.460. The second-order valence-corrected chi connectivity index (χ2v) is 6.19. The molecule has 0 aliphatic carbocycles. The van der Waals surface area contributed by atoms with Gasteiger partial charge in [-0.2, -0.15) is 0 Å². The van der Waals surface area contributed by atoms with Gasteiger partial charge in [0.1, 0.15) is 0 Å². The van der Waals surface area contributed by atoms with E-state index in [-0.39, 0.29) is 11.9 Å². The second-order valence-electron chi connectivity index (χ2n) is 4.16. The van der Waals surface area contributed by atoms with E-state index in [1.165, 1.54) is 16.6 Å². The summed E-state index contributed by atoms with van der Waals surface area (Å²) in [4.78, 5) is 14.1. The summed E-state index contributed by atoms with van der Waals surface area (Å²) in [5, 5.41) is 5.00. The zero-order chi connectivity index (χ0) is 13.7. The van der Waals surface area contributed by atoms with Crippen molar-refractivity contribution in [3.8, 4) is 0 Å². The first-order valence-electron chi connectivity index (χ1n) is 5.96. The van der Waals surface area contributed by atoms with Crippen LogP contribution in [0, 0.1) is 0 Å². The lowest BCUT2D eigenvalue weighted by Crippen LogP contribution is -2.27. The van der Waals surface area contributed by atoms with Crippen molar-refractivity contribution in [2.24, 2.45) is 0 Å². The summed E-state index contributed by atoms with van der Waals surface area (Å²) in [6, 6.07) is 11.6. The molecule has 0 saturated heterocycles. The highest BCUT2D eigenvalue weighted by atomic mass is 32.2. The van der Waals surface area contributed by atoms with E-state index in [0.717, 1.165) is 10.6 Å². The molecule has 1 amide bonds. The van der Waals surface area contributed by atoms with E-state index in [1.54, 1.807) is 11.3 Å². The predicted molar refractivity (Wildman–Crippen MR) is 82.5 cm³/mol. The van der Waals surface area contributed by atoms with Crippen molar-refractivity contribution in [1.82, 2.24) is 5.32 Å². The molecule has 1 unspecified atom stereocenters. The Hall–Kier alpha value is -1.46. The highest BCUT2D eigenvalue weighted by molar-refractivity contribution is 8.00. The van der Waals surface area contributed by atoms with Crippen LogP contribution in [0.15, 0.2) is 46.7 Å². The van der Waals surface area contributed by atoms with Crippen LogP contribution in [0.5, 0.6) is 0 Å².